The maximum absolute atomic E-state index is 12.3. The van der Waals surface area contributed by atoms with Gasteiger partial charge in [0.2, 0.25) is 5.91 Å². The van der Waals surface area contributed by atoms with Crippen molar-refractivity contribution in [3.8, 4) is 5.75 Å². The van der Waals surface area contributed by atoms with E-state index in [4.69, 9.17) is 4.74 Å². The maximum Gasteiger partial charge on any atom is 0.257 e. The molecule has 0 bridgehead atoms. The summed E-state index contributed by atoms with van der Waals surface area (Å²) >= 11 is 1.47. The monoisotopic (exact) mass is 407 g/mol. The van der Waals surface area contributed by atoms with Crippen molar-refractivity contribution < 1.29 is 14.3 Å². The van der Waals surface area contributed by atoms with Gasteiger partial charge in [0.15, 0.2) is 0 Å². The van der Waals surface area contributed by atoms with Gasteiger partial charge in [0.05, 0.1) is 24.1 Å². The number of rotatable bonds is 7. The normalized spacial score (nSPS) is 10.3. The Bertz CT molecular complexity index is 992. The van der Waals surface area contributed by atoms with E-state index in [0.29, 0.717) is 28.4 Å². The van der Waals surface area contributed by atoms with Gasteiger partial charge in [-0.15, -0.1) is 11.8 Å². The third kappa shape index (κ3) is 5.83. The van der Waals surface area contributed by atoms with E-state index in [-0.39, 0.29) is 11.8 Å². The molecule has 2 N–H and O–H groups in total. The quantitative estimate of drug-likeness (QED) is 0.568. The number of nitrogens with one attached hydrogen (secondary N) is 2. The largest absolute Gasteiger partial charge is 0.494 e. The van der Waals surface area contributed by atoms with Crippen LogP contribution in [0.1, 0.15) is 15.9 Å². The molecule has 0 fully saturated rings. The average molecular weight is 407 g/mol. The zero-order chi connectivity index (χ0) is 20.6. The third-order valence-electron chi connectivity index (χ3n) is 4.05. The number of amides is 2. The SMILES string of the molecule is COc1cc(NC(=O)CSc2ccc(C)cc2)ccc1NC(=O)c1cccnc1. The number of ether oxygens (including phenoxy) is 1. The van der Waals surface area contributed by atoms with Crippen molar-refractivity contribution in [2.24, 2.45) is 0 Å². The second-order valence-corrected chi connectivity index (χ2v) is 7.31. The molecule has 0 unspecified atom stereocenters. The van der Waals surface area contributed by atoms with Gasteiger partial charge in [-0.3, -0.25) is 14.6 Å². The lowest BCUT2D eigenvalue weighted by molar-refractivity contribution is -0.113. The first-order chi connectivity index (χ1) is 14.0. The van der Waals surface area contributed by atoms with E-state index in [1.807, 2.05) is 31.2 Å². The molecule has 0 saturated heterocycles. The summed E-state index contributed by atoms with van der Waals surface area (Å²) in [6, 6.07) is 16.5. The minimum Gasteiger partial charge on any atom is -0.494 e. The number of pyridine rings is 1. The fourth-order valence-electron chi connectivity index (χ4n) is 2.54. The molecule has 1 heterocycles. The number of benzene rings is 2. The highest BCUT2D eigenvalue weighted by atomic mass is 32.2. The molecule has 0 aliphatic heterocycles. The summed E-state index contributed by atoms with van der Waals surface area (Å²) < 4.78 is 5.36. The number of anilines is 2. The fourth-order valence-corrected chi connectivity index (χ4v) is 3.24. The molecule has 0 aliphatic carbocycles. The van der Waals surface area contributed by atoms with Crippen molar-refractivity contribution in [3.63, 3.8) is 0 Å². The van der Waals surface area contributed by atoms with Crippen molar-refractivity contribution in [2.45, 2.75) is 11.8 Å². The van der Waals surface area contributed by atoms with E-state index in [2.05, 4.69) is 15.6 Å². The molecule has 0 radical (unpaired) electrons. The smallest absolute Gasteiger partial charge is 0.257 e. The van der Waals surface area contributed by atoms with Gasteiger partial charge in [0.25, 0.3) is 5.91 Å². The van der Waals surface area contributed by atoms with E-state index in [0.717, 1.165) is 4.90 Å². The van der Waals surface area contributed by atoms with Crippen molar-refractivity contribution in [1.82, 2.24) is 4.98 Å². The van der Waals surface area contributed by atoms with Gasteiger partial charge >= 0.3 is 0 Å². The Morgan fingerprint density at radius 2 is 1.86 bits per heavy atom. The lowest BCUT2D eigenvalue weighted by Crippen LogP contribution is -2.15. The molecule has 3 aromatic rings. The molecule has 148 valence electrons. The van der Waals surface area contributed by atoms with Crippen LogP contribution in [-0.2, 0) is 4.79 Å². The third-order valence-corrected chi connectivity index (χ3v) is 5.06. The van der Waals surface area contributed by atoms with Crippen LogP contribution in [-0.4, -0.2) is 29.7 Å². The van der Waals surface area contributed by atoms with E-state index in [1.165, 1.54) is 30.6 Å². The highest BCUT2D eigenvalue weighted by molar-refractivity contribution is 8.00. The van der Waals surface area contributed by atoms with Gasteiger partial charge in [0.1, 0.15) is 5.75 Å². The maximum atomic E-state index is 12.3. The van der Waals surface area contributed by atoms with Crippen LogP contribution in [0.2, 0.25) is 0 Å². The fraction of sp³-hybridized carbons (Fsp3) is 0.136. The summed E-state index contributed by atoms with van der Waals surface area (Å²) in [4.78, 5) is 29.5. The summed E-state index contributed by atoms with van der Waals surface area (Å²) in [5.41, 5.74) is 2.73. The van der Waals surface area contributed by atoms with Gasteiger partial charge < -0.3 is 15.4 Å². The molecule has 1 aromatic heterocycles. The number of nitrogens with zero attached hydrogens (tertiary/aromatic N) is 1. The van der Waals surface area contributed by atoms with Crippen LogP contribution in [0.25, 0.3) is 0 Å². The minimum atomic E-state index is -0.289. The Hall–Kier alpha value is -3.32. The molecule has 0 saturated carbocycles. The second-order valence-electron chi connectivity index (χ2n) is 6.26. The van der Waals surface area contributed by atoms with Crippen LogP contribution in [0.5, 0.6) is 5.75 Å². The Kier molecular flexibility index (Phi) is 6.86. The number of carbonyl (C=O) groups is 2. The predicted octanol–water partition coefficient (Wildman–Crippen LogP) is 4.38. The highest BCUT2D eigenvalue weighted by Crippen LogP contribution is 2.28. The topological polar surface area (TPSA) is 80.3 Å². The molecule has 7 heteroatoms. The molecular weight excluding hydrogens is 386 g/mol. The molecule has 29 heavy (non-hydrogen) atoms. The predicted molar refractivity (Wildman–Crippen MR) is 116 cm³/mol. The van der Waals surface area contributed by atoms with Gasteiger partial charge in [-0.05, 0) is 43.3 Å². The number of thioether (sulfide) groups is 1. The van der Waals surface area contributed by atoms with Crippen molar-refractivity contribution >= 4 is 35.0 Å². The second kappa shape index (κ2) is 9.75. The molecule has 0 atom stereocenters. The average Bonchev–Trinajstić information content (AvgIpc) is 2.75. The van der Waals surface area contributed by atoms with Crippen LogP contribution in [0.3, 0.4) is 0 Å². The summed E-state index contributed by atoms with van der Waals surface area (Å²) in [5.74, 6) is 0.337. The van der Waals surface area contributed by atoms with E-state index in [1.54, 1.807) is 36.5 Å². The first-order valence-electron chi connectivity index (χ1n) is 8.94. The molecule has 0 spiro atoms. The van der Waals surface area contributed by atoms with Crippen molar-refractivity contribution in [2.75, 3.05) is 23.5 Å². The Labute approximate surface area is 173 Å². The Morgan fingerprint density at radius 3 is 2.55 bits per heavy atom. The zero-order valence-corrected chi connectivity index (χ0v) is 17.0. The van der Waals surface area contributed by atoms with Gasteiger partial charge in [-0.1, -0.05) is 17.7 Å². The molecule has 6 nitrogen and oxygen atoms in total. The van der Waals surface area contributed by atoms with Crippen LogP contribution in [0.4, 0.5) is 11.4 Å². The van der Waals surface area contributed by atoms with Crippen molar-refractivity contribution in [1.29, 1.82) is 0 Å². The minimum absolute atomic E-state index is 0.121. The number of carbonyl (C=O) groups excluding carboxylic acids is 2. The number of hydrogen-bond donors (Lipinski definition) is 2. The van der Waals surface area contributed by atoms with E-state index < -0.39 is 0 Å². The highest BCUT2D eigenvalue weighted by Gasteiger charge is 2.12. The van der Waals surface area contributed by atoms with Gasteiger partial charge in [-0.25, -0.2) is 0 Å². The van der Waals surface area contributed by atoms with Gasteiger partial charge in [0, 0.05) is 29.0 Å². The van der Waals surface area contributed by atoms with Crippen molar-refractivity contribution in [3.05, 3.63) is 78.1 Å². The Balaban J connectivity index is 1.61. The number of aryl methyl sites for hydroxylation is 1. The summed E-state index contributed by atoms with van der Waals surface area (Å²) in [5, 5.41) is 5.64. The van der Waals surface area contributed by atoms with E-state index in [9.17, 15) is 9.59 Å². The zero-order valence-electron chi connectivity index (χ0n) is 16.1. The standard InChI is InChI=1S/C22H21N3O3S/c1-15-5-8-18(9-6-15)29-14-21(26)24-17-7-10-19(20(12-17)28-2)25-22(27)16-4-3-11-23-13-16/h3-13H,14H2,1-2H3,(H,24,26)(H,25,27). The van der Waals surface area contributed by atoms with E-state index >= 15 is 0 Å². The molecule has 3 rings (SSSR count). The number of aromatic nitrogens is 1. The van der Waals surface area contributed by atoms with Crippen LogP contribution in [0, 0.1) is 6.92 Å². The molecule has 0 aliphatic rings. The molecule has 2 amide bonds. The lowest BCUT2D eigenvalue weighted by atomic mass is 10.2. The first-order valence-corrected chi connectivity index (χ1v) is 9.92. The summed E-state index contributed by atoms with van der Waals surface area (Å²) in [6.45, 7) is 2.03. The summed E-state index contributed by atoms with van der Waals surface area (Å²) in [6.07, 6.45) is 3.09. The van der Waals surface area contributed by atoms with Crippen LogP contribution < -0.4 is 15.4 Å². The lowest BCUT2D eigenvalue weighted by Gasteiger charge is -2.12. The number of hydrogen-bond acceptors (Lipinski definition) is 5. The molecule has 2 aromatic carbocycles. The number of methoxy groups -OCH3 is 1. The van der Waals surface area contributed by atoms with Crippen LogP contribution in [0.15, 0.2) is 71.9 Å². The van der Waals surface area contributed by atoms with Gasteiger partial charge in [-0.2, -0.15) is 0 Å². The Morgan fingerprint density at radius 1 is 1.07 bits per heavy atom. The first kappa shape index (κ1) is 20.4. The summed E-state index contributed by atoms with van der Waals surface area (Å²) in [7, 11) is 1.51. The molecular formula is C22H21N3O3S. The van der Waals surface area contributed by atoms with Crippen LogP contribution >= 0.6 is 11.8 Å².